The van der Waals surface area contributed by atoms with Gasteiger partial charge in [-0.3, -0.25) is 5.41 Å². The van der Waals surface area contributed by atoms with Crippen molar-refractivity contribution in [3.63, 3.8) is 0 Å². The van der Waals surface area contributed by atoms with Crippen molar-refractivity contribution in [1.29, 1.82) is 5.41 Å². The van der Waals surface area contributed by atoms with Crippen LogP contribution >= 0.6 is 11.8 Å². The Morgan fingerprint density at radius 1 is 1.41 bits per heavy atom. The summed E-state index contributed by atoms with van der Waals surface area (Å²) in [4.78, 5) is 2.09. The van der Waals surface area contributed by atoms with Gasteiger partial charge in [0, 0.05) is 6.42 Å². The minimum absolute atomic E-state index is 0.275. The number of furan rings is 1. The zero-order chi connectivity index (χ0) is 12.7. The summed E-state index contributed by atoms with van der Waals surface area (Å²) in [5, 5.41) is 7.11. The van der Waals surface area contributed by atoms with Crippen molar-refractivity contribution < 1.29 is 4.42 Å². The molecule has 0 aliphatic heterocycles. The lowest BCUT2D eigenvalue weighted by Gasteiger charge is -2.05. The van der Waals surface area contributed by atoms with Gasteiger partial charge in [0.05, 0.1) is 18.1 Å². The Balaban J connectivity index is 2.18. The average molecular weight is 255 g/mol. The van der Waals surface area contributed by atoms with Gasteiger partial charge in [0.2, 0.25) is 0 Å². The average Bonchev–Trinajstić information content (AvgIpc) is 2.63. The number of nitrogens with one attached hydrogen (secondary N) is 1. The third kappa shape index (κ3) is 6.38. The predicted molar refractivity (Wildman–Crippen MR) is 73.4 cm³/mol. The molecule has 0 aromatic carbocycles. The summed E-state index contributed by atoms with van der Waals surface area (Å²) in [5.41, 5.74) is 5.29. The summed E-state index contributed by atoms with van der Waals surface area (Å²) in [6.45, 7) is 0.842. The van der Waals surface area contributed by atoms with Crippen LogP contribution in [0.3, 0.4) is 0 Å². The van der Waals surface area contributed by atoms with Gasteiger partial charge in [0.25, 0.3) is 0 Å². The molecule has 1 heterocycles. The van der Waals surface area contributed by atoms with Crippen LogP contribution in [0.2, 0.25) is 0 Å². The second kappa shape index (κ2) is 7.40. The molecule has 96 valence electrons. The highest BCUT2D eigenvalue weighted by molar-refractivity contribution is 7.98. The first kappa shape index (κ1) is 14.1. The molecule has 0 bridgehead atoms. The summed E-state index contributed by atoms with van der Waals surface area (Å²) in [7, 11) is 4.05. The van der Waals surface area contributed by atoms with Gasteiger partial charge in [-0.25, -0.2) is 0 Å². The lowest BCUT2D eigenvalue weighted by molar-refractivity contribution is 0.344. The highest BCUT2D eigenvalue weighted by Crippen LogP contribution is 2.17. The largest absolute Gasteiger partial charge is 0.464 e. The van der Waals surface area contributed by atoms with E-state index in [-0.39, 0.29) is 5.84 Å². The first-order valence-electron chi connectivity index (χ1n) is 5.71. The zero-order valence-corrected chi connectivity index (χ0v) is 11.3. The summed E-state index contributed by atoms with van der Waals surface area (Å²) >= 11 is 1.82. The van der Waals surface area contributed by atoms with E-state index in [0.29, 0.717) is 6.42 Å². The molecule has 0 fully saturated rings. The predicted octanol–water partition coefficient (Wildman–Crippen LogP) is 2.29. The second-order valence-corrected chi connectivity index (χ2v) is 5.39. The smallest absolute Gasteiger partial charge is 0.118 e. The van der Waals surface area contributed by atoms with E-state index in [1.807, 2.05) is 38.0 Å². The standard InChI is InChI=1S/C12H21N3OS/c1-15(2)8-10-5-6-11(16-10)9-17-7-3-4-12(13)14/h5-6H,3-4,7-9H2,1-2H3,(H3,13,14). The molecule has 1 rings (SSSR count). The molecule has 0 aliphatic carbocycles. The van der Waals surface area contributed by atoms with Crippen molar-refractivity contribution >= 4 is 17.6 Å². The first-order chi connectivity index (χ1) is 8.08. The second-order valence-electron chi connectivity index (χ2n) is 4.29. The number of nitrogens with two attached hydrogens (primary N) is 1. The van der Waals surface area contributed by atoms with Gasteiger partial charge < -0.3 is 15.1 Å². The van der Waals surface area contributed by atoms with Crippen molar-refractivity contribution in [3.8, 4) is 0 Å². The summed E-state index contributed by atoms with van der Waals surface area (Å²) in [5.74, 6) is 4.22. The van der Waals surface area contributed by atoms with Gasteiger partial charge in [-0.2, -0.15) is 11.8 Å². The normalized spacial score (nSPS) is 11.0. The molecule has 0 saturated heterocycles. The lowest BCUT2D eigenvalue weighted by atomic mass is 10.3. The Morgan fingerprint density at radius 3 is 2.76 bits per heavy atom. The molecule has 0 amide bonds. The third-order valence-electron chi connectivity index (χ3n) is 2.17. The van der Waals surface area contributed by atoms with Crippen LogP contribution in [0.25, 0.3) is 0 Å². The van der Waals surface area contributed by atoms with Crippen LogP contribution in [0, 0.1) is 5.41 Å². The number of hydrogen-bond donors (Lipinski definition) is 2. The van der Waals surface area contributed by atoms with Gasteiger partial charge in [0.1, 0.15) is 11.5 Å². The fourth-order valence-electron chi connectivity index (χ4n) is 1.43. The van der Waals surface area contributed by atoms with Crippen molar-refractivity contribution in [1.82, 2.24) is 4.90 Å². The summed E-state index contributed by atoms with van der Waals surface area (Å²) < 4.78 is 5.69. The minimum Gasteiger partial charge on any atom is -0.464 e. The van der Waals surface area contributed by atoms with Gasteiger partial charge in [-0.1, -0.05) is 0 Å². The van der Waals surface area contributed by atoms with Gasteiger partial charge in [-0.05, 0) is 38.4 Å². The van der Waals surface area contributed by atoms with E-state index in [9.17, 15) is 0 Å². The van der Waals surface area contributed by atoms with Crippen LogP contribution in [0.5, 0.6) is 0 Å². The number of thioether (sulfide) groups is 1. The SMILES string of the molecule is CN(C)Cc1ccc(CSCCCC(=N)N)o1. The monoisotopic (exact) mass is 255 g/mol. The van der Waals surface area contributed by atoms with Crippen LogP contribution in [0.15, 0.2) is 16.5 Å². The molecule has 0 aliphatic rings. The van der Waals surface area contributed by atoms with Crippen molar-refractivity contribution in [2.45, 2.75) is 25.1 Å². The first-order valence-corrected chi connectivity index (χ1v) is 6.86. The van der Waals surface area contributed by atoms with E-state index < -0.39 is 0 Å². The van der Waals surface area contributed by atoms with Crippen molar-refractivity contribution in [2.75, 3.05) is 19.8 Å². The Morgan fingerprint density at radius 2 is 2.12 bits per heavy atom. The Labute approximate surface area is 107 Å². The van der Waals surface area contributed by atoms with E-state index in [1.165, 1.54) is 0 Å². The number of amidine groups is 1. The maximum absolute atomic E-state index is 7.11. The van der Waals surface area contributed by atoms with Crippen LogP contribution in [-0.4, -0.2) is 30.6 Å². The van der Waals surface area contributed by atoms with Crippen LogP contribution < -0.4 is 5.73 Å². The van der Waals surface area contributed by atoms with E-state index in [0.717, 1.165) is 36.0 Å². The molecular weight excluding hydrogens is 234 g/mol. The van der Waals surface area contributed by atoms with Crippen molar-refractivity contribution in [3.05, 3.63) is 23.7 Å². The third-order valence-corrected chi connectivity index (χ3v) is 3.23. The molecule has 0 unspecified atom stereocenters. The van der Waals surface area contributed by atoms with Crippen molar-refractivity contribution in [2.24, 2.45) is 5.73 Å². The number of rotatable bonds is 8. The van der Waals surface area contributed by atoms with Crippen LogP contribution in [-0.2, 0) is 12.3 Å². The molecule has 3 N–H and O–H groups in total. The molecule has 0 radical (unpaired) electrons. The van der Waals surface area contributed by atoms with Gasteiger partial charge in [0.15, 0.2) is 0 Å². The van der Waals surface area contributed by atoms with Gasteiger partial charge >= 0.3 is 0 Å². The fraction of sp³-hybridized carbons (Fsp3) is 0.583. The maximum Gasteiger partial charge on any atom is 0.118 e. The molecular formula is C12H21N3OS. The maximum atomic E-state index is 7.11. The molecule has 0 saturated carbocycles. The Bertz CT molecular complexity index is 349. The molecule has 5 heteroatoms. The lowest BCUT2D eigenvalue weighted by Crippen LogP contribution is -2.09. The molecule has 0 spiro atoms. The highest BCUT2D eigenvalue weighted by atomic mass is 32.2. The summed E-state index contributed by atoms with van der Waals surface area (Å²) in [6, 6.07) is 4.07. The number of nitrogens with zero attached hydrogens (tertiary/aromatic N) is 1. The topological polar surface area (TPSA) is 66.2 Å². The molecule has 4 nitrogen and oxygen atoms in total. The quantitative estimate of drug-likeness (QED) is 0.425. The molecule has 1 aromatic heterocycles. The van der Waals surface area contributed by atoms with E-state index in [4.69, 9.17) is 15.6 Å². The highest BCUT2D eigenvalue weighted by Gasteiger charge is 2.03. The zero-order valence-electron chi connectivity index (χ0n) is 10.5. The Kier molecular flexibility index (Phi) is 6.15. The fourth-order valence-corrected chi connectivity index (χ4v) is 2.28. The molecule has 1 aromatic rings. The molecule has 17 heavy (non-hydrogen) atoms. The molecule has 0 atom stereocenters. The Hall–Kier alpha value is -0.940. The van der Waals surface area contributed by atoms with Gasteiger partial charge in [-0.15, -0.1) is 0 Å². The number of hydrogen-bond acceptors (Lipinski definition) is 4. The minimum atomic E-state index is 0.275. The van der Waals surface area contributed by atoms with E-state index >= 15 is 0 Å². The summed E-state index contributed by atoms with van der Waals surface area (Å²) in [6.07, 6.45) is 1.66. The van der Waals surface area contributed by atoms with Crippen LogP contribution in [0.1, 0.15) is 24.4 Å². The van der Waals surface area contributed by atoms with E-state index in [2.05, 4.69) is 4.90 Å². The van der Waals surface area contributed by atoms with E-state index in [1.54, 1.807) is 0 Å². The van der Waals surface area contributed by atoms with Crippen LogP contribution in [0.4, 0.5) is 0 Å².